The van der Waals surface area contributed by atoms with Gasteiger partial charge in [0.15, 0.2) is 0 Å². The van der Waals surface area contributed by atoms with Crippen LogP contribution < -0.4 is 4.90 Å². The summed E-state index contributed by atoms with van der Waals surface area (Å²) < 4.78 is 0. The third kappa shape index (κ3) is 1.81. The molecule has 2 aliphatic rings. The Balaban J connectivity index is 1.94. The van der Waals surface area contributed by atoms with Crippen LogP contribution in [0.3, 0.4) is 0 Å². The fourth-order valence-electron chi connectivity index (χ4n) is 3.34. The number of aliphatic hydroxyl groups excluding tert-OH is 2. The minimum atomic E-state index is -0.150. The largest absolute Gasteiger partial charge is 0.393 e. The van der Waals surface area contributed by atoms with E-state index in [9.17, 15) is 10.2 Å². The molecule has 0 amide bonds. The third-order valence-electron chi connectivity index (χ3n) is 4.03. The maximum Gasteiger partial charge on any atom is 0.0717 e. The van der Waals surface area contributed by atoms with Gasteiger partial charge in [-0.05, 0) is 31.7 Å². The topological polar surface area (TPSA) is 56.6 Å². The molecular weight excluding hydrogens is 216 g/mol. The Kier molecular flexibility index (Phi) is 2.76. The zero-order valence-electron chi connectivity index (χ0n) is 9.79. The van der Waals surface area contributed by atoms with E-state index in [0.717, 1.165) is 36.9 Å². The van der Waals surface area contributed by atoms with Gasteiger partial charge in [0.2, 0.25) is 0 Å². The van der Waals surface area contributed by atoms with Crippen molar-refractivity contribution in [2.45, 2.75) is 50.5 Å². The van der Waals surface area contributed by atoms with E-state index in [2.05, 4.69) is 9.88 Å². The quantitative estimate of drug-likeness (QED) is 0.803. The fraction of sp³-hybridized carbons (Fsp3) is 0.615. The first-order chi connectivity index (χ1) is 8.29. The van der Waals surface area contributed by atoms with Crippen molar-refractivity contribution in [2.24, 2.45) is 0 Å². The van der Waals surface area contributed by atoms with Gasteiger partial charge in [-0.25, -0.2) is 0 Å². The first kappa shape index (κ1) is 11.0. The Labute approximate surface area is 101 Å². The summed E-state index contributed by atoms with van der Waals surface area (Å²) >= 11 is 0. The van der Waals surface area contributed by atoms with Gasteiger partial charge in [-0.1, -0.05) is 0 Å². The molecule has 1 aromatic rings. The van der Waals surface area contributed by atoms with Gasteiger partial charge in [0.1, 0.15) is 0 Å². The standard InChI is InChI=1S/C13H18N2O2/c16-8-9-7-14-4-3-13(9)15-10-1-2-11(15)6-12(17)5-10/h3-4,7,10-12,16-17H,1-2,5-6,8H2. The summed E-state index contributed by atoms with van der Waals surface area (Å²) in [7, 11) is 0. The molecule has 3 heterocycles. The first-order valence-electron chi connectivity index (χ1n) is 6.29. The van der Waals surface area contributed by atoms with Crippen LogP contribution in [0.5, 0.6) is 0 Å². The zero-order valence-corrected chi connectivity index (χ0v) is 9.79. The second-order valence-corrected chi connectivity index (χ2v) is 5.08. The summed E-state index contributed by atoms with van der Waals surface area (Å²) in [5.74, 6) is 0. The molecule has 2 N–H and O–H groups in total. The van der Waals surface area contributed by atoms with E-state index in [1.165, 1.54) is 0 Å². The van der Waals surface area contributed by atoms with E-state index in [1.54, 1.807) is 12.4 Å². The molecule has 0 saturated carbocycles. The molecule has 3 rings (SSSR count). The Morgan fingerprint density at radius 1 is 1.29 bits per heavy atom. The molecule has 2 unspecified atom stereocenters. The van der Waals surface area contributed by atoms with Crippen LogP contribution in [0.4, 0.5) is 5.69 Å². The first-order valence-corrected chi connectivity index (χ1v) is 6.29. The lowest BCUT2D eigenvalue weighted by Crippen LogP contribution is -2.45. The SMILES string of the molecule is OCc1cnccc1N1C2CCC1CC(O)C2. The number of fused-ring (bicyclic) bond motifs is 2. The number of pyridine rings is 1. The van der Waals surface area contributed by atoms with Crippen LogP contribution in [0.1, 0.15) is 31.2 Å². The lowest BCUT2D eigenvalue weighted by Gasteiger charge is -2.39. The Morgan fingerprint density at radius 2 is 2.00 bits per heavy atom. The maximum atomic E-state index is 9.79. The second-order valence-electron chi connectivity index (χ2n) is 5.08. The fourth-order valence-corrected chi connectivity index (χ4v) is 3.34. The highest BCUT2D eigenvalue weighted by Crippen LogP contribution is 2.40. The average Bonchev–Trinajstić information content (AvgIpc) is 2.61. The van der Waals surface area contributed by atoms with E-state index in [-0.39, 0.29) is 12.7 Å². The number of hydrogen-bond donors (Lipinski definition) is 2. The second kappa shape index (κ2) is 4.27. The number of rotatable bonds is 2. The van der Waals surface area contributed by atoms with Crippen LogP contribution >= 0.6 is 0 Å². The molecule has 1 aromatic heterocycles. The molecule has 2 fully saturated rings. The van der Waals surface area contributed by atoms with Gasteiger partial charge in [0, 0.05) is 35.7 Å². The highest BCUT2D eigenvalue weighted by atomic mass is 16.3. The predicted octanol–water partition coefficient (Wildman–Crippen LogP) is 1.07. The van der Waals surface area contributed by atoms with Crippen molar-refractivity contribution >= 4 is 5.69 Å². The van der Waals surface area contributed by atoms with Crippen LogP contribution in [-0.2, 0) is 6.61 Å². The van der Waals surface area contributed by atoms with Crippen molar-refractivity contribution in [3.63, 3.8) is 0 Å². The van der Waals surface area contributed by atoms with Crippen LogP contribution in [0.15, 0.2) is 18.5 Å². The molecule has 4 nitrogen and oxygen atoms in total. The van der Waals surface area contributed by atoms with Crippen molar-refractivity contribution in [2.75, 3.05) is 4.90 Å². The molecule has 17 heavy (non-hydrogen) atoms. The van der Waals surface area contributed by atoms with Gasteiger partial charge in [0.25, 0.3) is 0 Å². The van der Waals surface area contributed by atoms with Gasteiger partial charge in [0.05, 0.1) is 12.7 Å². The van der Waals surface area contributed by atoms with E-state index < -0.39 is 0 Å². The smallest absolute Gasteiger partial charge is 0.0717 e. The molecule has 0 spiro atoms. The summed E-state index contributed by atoms with van der Waals surface area (Å²) in [6.45, 7) is 0.0294. The van der Waals surface area contributed by atoms with E-state index >= 15 is 0 Å². The highest BCUT2D eigenvalue weighted by Gasteiger charge is 2.40. The van der Waals surface area contributed by atoms with Gasteiger partial charge in [-0.2, -0.15) is 0 Å². The predicted molar refractivity (Wildman–Crippen MR) is 64.7 cm³/mol. The minimum absolute atomic E-state index is 0.0294. The molecule has 0 aromatic carbocycles. The van der Waals surface area contributed by atoms with Gasteiger partial charge in [-0.15, -0.1) is 0 Å². The molecule has 4 heteroatoms. The summed E-state index contributed by atoms with van der Waals surface area (Å²) in [4.78, 5) is 6.45. The summed E-state index contributed by atoms with van der Waals surface area (Å²) in [6, 6.07) is 2.84. The van der Waals surface area contributed by atoms with E-state index in [4.69, 9.17) is 0 Å². The van der Waals surface area contributed by atoms with E-state index in [1.807, 2.05) is 6.07 Å². The van der Waals surface area contributed by atoms with Crippen LogP contribution in [-0.4, -0.2) is 33.4 Å². The molecule has 2 aliphatic heterocycles. The van der Waals surface area contributed by atoms with Crippen molar-refractivity contribution in [3.05, 3.63) is 24.0 Å². The van der Waals surface area contributed by atoms with Crippen molar-refractivity contribution in [3.8, 4) is 0 Å². The molecule has 2 bridgehead atoms. The monoisotopic (exact) mass is 234 g/mol. The highest BCUT2D eigenvalue weighted by molar-refractivity contribution is 5.55. The third-order valence-corrected chi connectivity index (χ3v) is 4.03. The zero-order chi connectivity index (χ0) is 11.8. The van der Waals surface area contributed by atoms with Crippen LogP contribution in [0.25, 0.3) is 0 Å². The molecule has 2 saturated heterocycles. The van der Waals surface area contributed by atoms with Crippen molar-refractivity contribution in [1.29, 1.82) is 0 Å². The number of hydrogen-bond acceptors (Lipinski definition) is 4. The minimum Gasteiger partial charge on any atom is -0.393 e. The van der Waals surface area contributed by atoms with Gasteiger partial charge < -0.3 is 15.1 Å². The number of anilines is 1. The Morgan fingerprint density at radius 3 is 2.65 bits per heavy atom. The number of piperidine rings is 1. The van der Waals surface area contributed by atoms with Gasteiger partial charge >= 0.3 is 0 Å². The Bertz CT molecular complexity index is 396. The Hall–Kier alpha value is -1.13. The average molecular weight is 234 g/mol. The van der Waals surface area contributed by atoms with Crippen molar-refractivity contribution < 1.29 is 10.2 Å². The van der Waals surface area contributed by atoms with Crippen LogP contribution in [0, 0.1) is 0 Å². The summed E-state index contributed by atoms with van der Waals surface area (Å²) in [6.07, 6.45) is 7.36. The summed E-state index contributed by atoms with van der Waals surface area (Å²) in [5, 5.41) is 19.2. The molecule has 2 atom stereocenters. The molecule has 0 radical (unpaired) electrons. The number of nitrogens with zero attached hydrogens (tertiary/aromatic N) is 2. The molecule has 0 aliphatic carbocycles. The lowest BCUT2D eigenvalue weighted by atomic mass is 9.98. The number of aliphatic hydroxyl groups is 2. The lowest BCUT2D eigenvalue weighted by molar-refractivity contribution is 0.126. The van der Waals surface area contributed by atoms with E-state index in [0.29, 0.717) is 12.1 Å². The molecule has 92 valence electrons. The van der Waals surface area contributed by atoms with Crippen LogP contribution in [0.2, 0.25) is 0 Å². The number of aromatic nitrogens is 1. The molecular formula is C13H18N2O2. The normalized spacial score (nSPS) is 31.9. The van der Waals surface area contributed by atoms with Crippen molar-refractivity contribution in [1.82, 2.24) is 4.98 Å². The summed E-state index contributed by atoms with van der Waals surface area (Å²) in [5.41, 5.74) is 1.99. The van der Waals surface area contributed by atoms with Gasteiger partial charge in [-0.3, -0.25) is 4.98 Å². The maximum absolute atomic E-state index is 9.79.